The van der Waals surface area contributed by atoms with Gasteiger partial charge in [0, 0.05) is 55.9 Å². The smallest absolute Gasteiger partial charge is 0.429 e. The summed E-state index contributed by atoms with van der Waals surface area (Å²) in [4.78, 5) is 96.4. The Morgan fingerprint density at radius 2 is 1.28 bits per heavy atom. The van der Waals surface area contributed by atoms with Gasteiger partial charge in [-0.15, -0.1) is 0 Å². The van der Waals surface area contributed by atoms with Crippen molar-refractivity contribution >= 4 is 53.0 Å². The SMILES string of the molecule is CC(C)C(NC(=O)CCOCCOCCOCCOCCNC(=O)CCN1C(=O)C=CC1=O)C(=O)N[C@@H](C)C(=O)Nc1ccc(COC(=O)Oc2ccc([N+](=O)[O-])cc2)cc1. The van der Waals surface area contributed by atoms with E-state index in [1.165, 1.54) is 43.3 Å². The standard InChI is InChI=1S/C40H52N6O15/c1-27(2)37(39(52)42-28(3)38(51)43-30-6-4-29(5-7-30)26-60-40(53)61-32-10-8-31(9-11-32)46(54)55)44-34(48)15-18-56-20-22-58-24-25-59-23-21-57-19-16-41-33(47)14-17-45-35(49)12-13-36(45)50/h4-13,27-28,37H,14-26H2,1-3H3,(H,41,47)(H,42,52)(H,43,51)(H,44,48)/t28-,37?/m0/s1. The number of nitro benzene ring substituents is 1. The number of anilines is 1. The highest BCUT2D eigenvalue weighted by molar-refractivity contribution is 6.13. The lowest BCUT2D eigenvalue weighted by atomic mass is 10.0. The molecule has 1 aliphatic heterocycles. The average molecular weight is 857 g/mol. The van der Waals surface area contributed by atoms with E-state index < -0.39 is 52.7 Å². The van der Waals surface area contributed by atoms with Crippen LogP contribution in [0.1, 0.15) is 39.2 Å². The maximum Gasteiger partial charge on any atom is 0.514 e. The molecule has 1 unspecified atom stereocenters. The molecule has 0 bridgehead atoms. The Bertz CT molecular complexity index is 1800. The zero-order valence-corrected chi connectivity index (χ0v) is 34.2. The number of benzene rings is 2. The van der Waals surface area contributed by atoms with E-state index >= 15 is 0 Å². The van der Waals surface area contributed by atoms with Gasteiger partial charge in [0.25, 0.3) is 17.5 Å². The number of nitro groups is 1. The first-order valence-electron chi connectivity index (χ1n) is 19.4. The Balaban J connectivity index is 1.18. The first-order chi connectivity index (χ1) is 29.2. The summed E-state index contributed by atoms with van der Waals surface area (Å²) in [6.07, 6.45) is 1.34. The summed E-state index contributed by atoms with van der Waals surface area (Å²) in [5, 5.41) is 21.4. The highest BCUT2D eigenvalue weighted by Crippen LogP contribution is 2.18. The van der Waals surface area contributed by atoms with Gasteiger partial charge in [-0.1, -0.05) is 26.0 Å². The number of non-ortho nitro benzene ring substituents is 1. The number of carbonyl (C=O) groups excluding carboxylic acids is 7. The second-order valence-electron chi connectivity index (χ2n) is 13.6. The van der Waals surface area contributed by atoms with E-state index in [1.54, 1.807) is 38.1 Å². The van der Waals surface area contributed by atoms with Gasteiger partial charge in [-0.3, -0.25) is 43.8 Å². The van der Waals surface area contributed by atoms with Gasteiger partial charge in [-0.2, -0.15) is 0 Å². The fourth-order valence-corrected chi connectivity index (χ4v) is 5.13. The van der Waals surface area contributed by atoms with Crippen LogP contribution in [0.25, 0.3) is 0 Å². The number of hydrogen-bond acceptors (Lipinski definition) is 15. The van der Waals surface area contributed by atoms with Gasteiger partial charge in [-0.05, 0) is 42.7 Å². The fourth-order valence-electron chi connectivity index (χ4n) is 5.13. The van der Waals surface area contributed by atoms with Crippen LogP contribution < -0.4 is 26.0 Å². The summed E-state index contributed by atoms with van der Waals surface area (Å²) in [7, 11) is 0. The number of carbonyl (C=O) groups is 7. The molecule has 0 spiro atoms. The van der Waals surface area contributed by atoms with Crippen molar-refractivity contribution in [3.8, 4) is 5.75 Å². The second kappa shape index (κ2) is 26.7. The number of hydrogen-bond donors (Lipinski definition) is 4. The van der Waals surface area contributed by atoms with Gasteiger partial charge >= 0.3 is 6.16 Å². The quantitative estimate of drug-likeness (QED) is 0.0237. The minimum atomic E-state index is -1.01. The third-order valence-electron chi connectivity index (χ3n) is 8.47. The Labute approximate surface area is 351 Å². The van der Waals surface area contributed by atoms with Gasteiger partial charge < -0.3 is 49.7 Å². The Kier molecular flexibility index (Phi) is 21.5. The predicted octanol–water partition coefficient (Wildman–Crippen LogP) is 1.78. The molecule has 0 saturated heterocycles. The zero-order chi connectivity index (χ0) is 44.6. The molecule has 4 N–H and O–H groups in total. The summed E-state index contributed by atoms with van der Waals surface area (Å²) in [6, 6.07) is 9.46. The third kappa shape index (κ3) is 19.1. The predicted molar refractivity (Wildman–Crippen MR) is 215 cm³/mol. The lowest BCUT2D eigenvalue weighted by Crippen LogP contribution is -2.53. The molecule has 1 aliphatic rings. The summed E-state index contributed by atoms with van der Waals surface area (Å²) in [5.41, 5.74) is 0.848. The molecule has 0 radical (unpaired) electrons. The minimum Gasteiger partial charge on any atom is -0.429 e. The summed E-state index contributed by atoms with van der Waals surface area (Å²) in [6.45, 7) is 7.34. The average Bonchev–Trinajstić information content (AvgIpc) is 3.55. The number of nitrogens with zero attached hydrogens (tertiary/aromatic N) is 2. The molecule has 2 aromatic rings. The van der Waals surface area contributed by atoms with Gasteiger partial charge in [0.2, 0.25) is 23.6 Å². The van der Waals surface area contributed by atoms with Crippen molar-refractivity contribution in [2.75, 3.05) is 71.3 Å². The van der Waals surface area contributed by atoms with E-state index in [1.807, 2.05) is 0 Å². The van der Waals surface area contributed by atoms with Crippen molar-refractivity contribution in [2.45, 2.75) is 52.3 Å². The number of rotatable bonds is 28. The molecule has 2 atom stereocenters. The first-order valence-corrected chi connectivity index (χ1v) is 19.4. The van der Waals surface area contributed by atoms with Crippen LogP contribution >= 0.6 is 0 Å². The summed E-state index contributed by atoms with van der Waals surface area (Å²) in [5.74, 6) is -2.80. The number of imide groups is 1. The van der Waals surface area contributed by atoms with Crippen molar-refractivity contribution < 1.29 is 66.9 Å². The molecular weight excluding hydrogens is 804 g/mol. The molecule has 0 fully saturated rings. The van der Waals surface area contributed by atoms with Crippen LogP contribution in [-0.2, 0) is 59.1 Å². The van der Waals surface area contributed by atoms with Crippen LogP contribution in [0.3, 0.4) is 0 Å². The van der Waals surface area contributed by atoms with Crippen LogP contribution in [0.4, 0.5) is 16.2 Å². The molecular formula is C40H52N6O15. The monoisotopic (exact) mass is 856 g/mol. The third-order valence-corrected chi connectivity index (χ3v) is 8.47. The molecule has 21 heteroatoms. The summed E-state index contributed by atoms with van der Waals surface area (Å²) < 4.78 is 31.8. The molecule has 0 aliphatic carbocycles. The molecule has 21 nitrogen and oxygen atoms in total. The lowest BCUT2D eigenvalue weighted by Gasteiger charge is -2.24. The van der Waals surface area contributed by atoms with Crippen molar-refractivity contribution in [1.82, 2.24) is 20.9 Å². The molecule has 61 heavy (non-hydrogen) atoms. The van der Waals surface area contributed by atoms with Crippen LogP contribution in [-0.4, -0.2) is 129 Å². The molecule has 0 saturated carbocycles. The number of nitrogens with one attached hydrogen (secondary N) is 4. The van der Waals surface area contributed by atoms with E-state index in [-0.39, 0.29) is 82.2 Å². The number of ether oxygens (including phenoxy) is 6. The van der Waals surface area contributed by atoms with E-state index in [0.717, 1.165) is 4.90 Å². The van der Waals surface area contributed by atoms with Gasteiger partial charge in [0.15, 0.2) is 0 Å². The topological polar surface area (TPSA) is 269 Å². The van der Waals surface area contributed by atoms with E-state index in [9.17, 15) is 43.7 Å². The van der Waals surface area contributed by atoms with Crippen molar-refractivity contribution in [3.63, 3.8) is 0 Å². The summed E-state index contributed by atoms with van der Waals surface area (Å²) >= 11 is 0. The van der Waals surface area contributed by atoms with Crippen molar-refractivity contribution in [2.24, 2.45) is 5.92 Å². The van der Waals surface area contributed by atoms with Crippen LogP contribution in [0.5, 0.6) is 5.75 Å². The fraction of sp³-hybridized carbons (Fsp3) is 0.475. The Morgan fingerprint density at radius 3 is 1.85 bits per heavy atom. The maximum atomic E-state index is 13.0. The first kappa shape index (κ1) is 49.1. The van der Waals surface area contributed by atoms with E-state index in [0.29, 0.717) is 37.7 Å². The highest BCUT2D eigenvalue weighted by atomic mass is 16.7. The van der Waals surface area contributed by atoms with E-state index in [4.69, 9.17) is 28.4 Å². The normalized spacial score (nSPS) is 13.1. The molecule has 1 heterocycles. The van der Waals surface area contributed by atoms with E-state index in [2.05, 4.69) is 21.3 Å². The van der Waals surface area contributed by atoms with Crippen molar-refractivity contribution in [3.05, 3.63) is 76.4 Å². The molecule has 0 aromatic heterocycles. The van der Waals surface area contributed by atoms with Gasteiger partial charge in [0.1, 0.15) is 24.4 Å². The zero-order valence-electron chi connectivity index (χ0n) is 34.2. The molecule has 332 valence electrons. The second-order valence-corrected chi connectivity index (χ2v) is 13.6. The molecule has 6 amide bonds. The van der Waals surface area contributed by atoms with Crippen LogP contribution in [0.2, 0.25) is 0 Å². The minimum absolute atomic E-state index is 0.000324. The largest absolute Gasteiger partial charge is 0.514 e. The lowest BCUT2D eigenvalue weighted by molar-refractivity contribution is -0.384. The Hall–Kier alpha value is -6.29. The Morgan fingerprint density at radius 1 is 0.705 bits per heavy atom. The molecule has 2 aromatic carbocycles. The molecule has 3 rings (SSSR count). The van der Waals surface area contributed by atoms with Crippen LogP contribution in [0, 0.1) is 16.0 Å². The number of amides is 6. The van der Waals surface area contributed by atoms with Gasteiger partial charge in [0.05, 0.1) is 57.8 Å². The van der Waals surface area contributed by atoms with Crippen LogP contribution in [0.15, 0.2) is 60.7 Å². The highest BCUT2D eigenvalue weighted by Gasteiger charge is 2.27. The maximum absolute atomic E-state index is 13.0. The van der Waals surface area contributed by atoms with Crippen molar-refractivity contribution in [1.29, 1.82) is 0 Å². The van der Waals surface area contributed by atoms with Gasteiger partial charge in [-0.25, -0.2) is 4.79 Å².